The number of benzene rings is 1. The molecule has 1 aromatic rings. The van der Waals surface area contributed by atoms with Crippen molar-refractivity contribution in [3.63, 3.8) is 0 Å². The highest BCUT2D eigenvalue weighted by atomic mass is 16.4. The van der Waals surface area contributed by atoms with Gasteiger partial charge in [0.05, 0.1) is 5.92 Å². The molecule has 0 amide bonds. The minimum atomic E-state index is -0.697. The first kappa shape index (κ1) is 17.5. The molecule has 0 bridgehead atoms. The van der Waals surface area contributed by atoms with Gasteiger partial charge in [0.25, 0.3) is 0 Å². The number of carboxylic acid groups (broad SMARTS) is 1. The van der Waals surface area contributed by atoms with Crippen molar-refractivity contribution >= 4 is 11.7 Å². The fraction of sp³-hybridized carbons (Fsp3) is 0.611. The van der Waals surface area contributed by atoms with Gasteiger partial charge in [-0.1, -0.05) is 32.9 Å². The second-order valence-electron chi connectivity index (χ2n) is 6.68. The zero-order chi connectivity index (χ0) is 16.0. The Balaban J connectivity index is 2.68. The van der Waals surface area contributed by atoms with Gasteiger partial charge >= 0.3 is 5.97 Å². The fourth-order valence-electron chi connectivity index (χ4n) is 2.52. The normalized spacial score (nSPS) is 14.2. The molecule has 0 aliphatic carbocycles. The first-order valence-corrected chi connectivity index (χ1v) is 7.87. The Bertz CT molecular complexity index is 437. The largest absolute Gasteiger partial charge is 0.481 e. The van der Waals surface area contributed by atoms with Gasteiger partial charge in [-0.05, 0) is 56.2 Å². The van der Waals surface area contributed by atoms with Crippen LogP contribution in [-0.2, 0) is 11.2 Å². The topological polar surface area (TPSA) is 49.3 Å². The summed E-state index contributed by atoms with van der Waals surface area (Å²) < 4.78 is 0. The van der Waals surface area contributed by atoms with Gasteiger partial charge in [-0.15, -0.1) is 0 Å². The number of carboxylic acids is 1. The second-order valence-corrected chi connectivity index (χ2v) is 6.68. The molecule has 118 valence electrons. The summed E-state index contributed by atoms with van der Waals surface area (Å²) in [6.07, 6.45) is 1.68. The van der Waals surface area contributed by atoms with E-state index in [1.807, 2.05) is 0 Å². The molecule has 0 spiro atoms. The van der Waals surface area contributed by atoms with Crippen molar-refractivity contribution in [1.29, 1.82) is 0 Å². The lowest BCUT2D eigenvalue weighted by Crippen LogP contribution is -2.20. The van der Waals surface area contributed by atoms with E-state index in [0.29, 0.717) is 17.9 Å². The van der Waals surface area contributed by atoms with E-state index < -0.39 is 5.97 Å². The molecule has 2 N–H and O–H groups in total. The van der Waals surface area contributed by atoms with Crippen LogP contribution in [-0.4, -0.2) is 17.1 Å². The molecule has 0 heterocycles. The average Bonchev–Trinajstić information content (AvgIpc) is 2.39. The summed E-state index contributed by atoms with van der Waals surface area (Å²) in [6, 6.07) is 8.92. The molecule has 0 fully saturated rings. The molecular weight excluding hydrogens is 262 g/mol. The van der Waals surface area contributed by atoms with E-state index in [4.69, 9.17) is 5.11 Å². The molecule has 0 aliphatic rings. The third-order valence-electron chi connectivity index (χ3n) is 3.93. The highest BCUT2D eigenvalue weighted by Crippen LogP contribution is 2.25. The molecule has 1 rings (SSSR count). The number of hydrogen-bond acceptors (Lipinski definition) is 2. The molecule has 0 aliphatic heterocycles. The van der Waals surface area contributed by atoms with Gasteiger partial charge in [0.15, 0.2) is 0 Å². The van der Waals surface area contributed by atoms with Crippen LogP contribution >= 0.6 is 0 Å². The minimum absolute atomic E-state index is 0.278. The smallest absolute Gasteiger partial charge is 0.306 e. The van der Waals surface area contributed by atoms with Crippen LogP contribution in [0, 0.1) is 17.8 Å². The summed E-state index contributed by atoms with van der Waals surface area (Å²) in [7, 11) is 0. The summed E-state index contributed by atoms with van der Waals surface area (Å²) >= 11 is 0. The second kappa shape index (κ2) is 8.06. The average molecular weight is 291 g/mol. The SMILES string of the molecule is CC(C)Nc1ccc(C[C@@H](CC(C)C(=O)O)C(C)C)cc1. The lowest BCUT2D eigenvalue weighted by Gasteiger charge is -2.23. The van der Waals surface area contributed by atoms with E-state index in [2.05, 4.69) is 57.3 Å². The van der Waals surface area contributed by atoms with E-state index in [1.165, 1.54) is 5.56 Å². The number of aliphatic carboxylic acids is 1. The van der Waals surface area contributed by atoms with E-state index in [1.54, 1.807) is 6.92 Å². The molecule has 3 heteroatoms. The Morgan fingerprint density at radius 3 is 2.10 bits per heavy atom. The van der Waals surface area contributed by atoms with Crippen LogP contribution in [0.5, 0.6) is 0 Å². The summed E-state index contributed by atoms with van der Waals surface area (Å²) in [6.45, 7) is 10.4. The molecule has 0 saturated carbocycles. The van der Waals surface area contributed by atoms with E-state index in [-0.39, 0.29) is 5.92 Å². The third kappa shape index (κ3) is 6.19. The number of rotatable bonds is 8. The van der Waals surface area contributed by atoms with Gasteiger partial charge in [0, 0.05) is 11.7 Å². The van der Waals surface area contributed by atoms with Gasteiger partial charge in [0.2, 0.25) is 0 Å². The number of carbonyl (C=O) groups is 1. The van der Waals surface area contributed by atoms with Crippen molar-refractivity contribution in [3.8, 4) is 0 Å². The number of nitrogens with one attached hydrogen (secondary N) is 1. The summed E-state index contributed by atoms with van der Waals surface area (Å²) in [5.41, 5.74) is 2.41. The molecule has 1 aromatic carbocycles. The molecule has 1 unspecified atom stereocenters. The first-order chi connectivity index (χ1) is 9.79. The summed E-state index contributed by atoms with van der Waals surface area (Å²) in [5.74, 6) is -0.0864. The summed E-state index contributed by atoms with van der Waals surface area (Å²) in [4.78, 5) is 11.0. The zero-order valence-corrected chi connectivity index (χ0v) is 13.9. The van der Waals surface area contributed by atoms with Gasteiger partial charge in [-0.3, -0.25) is 4.79 Å². The Morgan fingerprint density at radius 2 is 1.67 bits per heavy atom. The maximum Gasteiger partial charge on any atom is 0.306 e. The van der Waals surface area contributed by atoms with E-state index >= 15 is 0 Å². The van der Waals surface area contributed by atoms with Crippen molar-refractivity contribution in [2.24, 2.45) is 17.8 Å². The molecule has 21 heavy (non-hydrogen) atoms. The van der Waals surface area contributed by atoms with Gasteiger partial charge < -0.3 is 10.4 Å². The predicted molar refractivity (Wildman–Crippen MR) is 88.6 cm³/mol. The van der Waals surface area contributed by atoms with Crippen molar-refractivity contribution in [3.05, 3.63) is 29.8 Å². The monoisotopic (exact) mass is 291 g/mol. The van der Waals surface area contributed by atoms with E-state index in [0.717, 1.165) is 18.5 Å². The van der Waals surface area contributed by atoms with Crippen LogP contribution in [0.15, 0.2) is 24.3 Å². The Hall–Kier alpha value is -1.51. The first-order valence-electron chi connectivity index (χ1n) is 7.87. The Labute approximate surface area is 128 Å². The predicted octanol–water partition coefficient (Wildman–Crippen LogP) is 4.43. The van der Waals surface area contributed by atoms with Crippen LogP contribution in [0.2, 0.25) is 0 Å². The molecule has 0 saturated heterocycles. The van der Waals surface area contributed by atoms with Gasteiger partial charge in [-0.2, -0.15) is 0 Å². The van der Waals surface area contributed by atoms with Crippen LogP contribution in [0.1, 0.15) is 46.6 Å². The maximum absolute atomic E-state index is 11.0. The molecule has 2 atom stereocenters. The van der Waals surface area contributed by atoms with Crippen LogP contribution in [0.4, 0.5) is 5.69 Å². The van der Waals surface area contributed by atoms with Crippen molar-refractivity contribution < 1.29 is 9.90 Å². The van der Waals surface area contributed by atoms with Crippen LogP contribution in [0.25, 0.3) is 0 Å². The fourth-order valence-corrected chi connectivity index (χ4v) is 2.52. The highest BCUT2D eigenvalue weighted by molar-refractivity contribution is 5.69. The quantitative estimate of drug-likeness (QED) is 0.745. The minimum Gasteiger partial charge on any atom is -0.481 e. The van der Waals surface area contributed by atoms with Crippen molar-refractivity contribution in [1.82, 2.24) is 0 Å². The van der Waals surface area contributed by atoms with Gasteiger partial charge in [-0.25, -0.2) is 0 Å². The zero-order valence-electron chi connectivity index (χ0n) is 13.9. The molecular formula is C18H29NO2. The number of anilines is 1. The van der Waals surface area contributed by atoms with Crippen molar-refractivity contribution in [2.75, 3.05) is 5.32 Å². The highest BCUT2D eigenvalue weighted by Gasteiger charge is 2.21. The third-order valence-corrected chi connectivity index (χ3v) is 3.93. The lowest BCUT2D eigenvalue weighted by molar-refractivity contribution is -0.141. The van der Waals surface area contributed by atoms with Crippen LogP contribution in [0.3, 0.4) is 0 Å². The van der Waals surface area contributed by atoms with Crippen molar-refractivity contribution in [2.45, 2.75) is 53.5 Å². The summed E-state index contributed by atoms with van der Waals surface area (Å²) in [5, 5.41) is 12.5. The van der Waals surface area contributed by atoms with Crippen LogP contribution < -0.4 is 5.32 Å². The standard InChI is InChI=1S/C18H29NO2/c1-12(2)16(10-14(5)18(20)21)11-15-6-8-17(9-7-15)19-13(3)4/h6-9,12-14,16,19H,10-11H2,1-5H3,(H,20,21)/t14?,16-/m1/s1. The molecule has 0 radical (unpaired) electrons. The number of hydrogen-bond donors (Lipinski definition) is 2. The van der Waals surface area contributed by atoms with Gasteiger partial charge in [0.1, 0.15) is 0 Å². The lowest BCUT2D eigenvalue weighted by atomic mass is 9.82. The maximum atomic E-state index is 11.0. The Kier molecular flexibility index (Phi) is 6.73. The Morgan fingerprint density at radius 1 is 1.10 bits per heavy atom. The van der Waals surface area contributed by atoms with E-state index in [9.17, 15) is 4.79 Å². The molecule has 3 nitrogen and oxygen atoms in total. The molecule has 0 aromatic heterocycles.